The summed E-state index contributed by atoms with van der Waals surface area (Å²) in [6.45, 7) is 10.1. The van der Waals surface area contributed by atoms with Gasteiger partial charge in [0.2, 0.25) is 0 Å². The van der Waals surface area contributed by atoms with E-state index in [-0.39, 0.29) is 11.7 Å². The normalized spacial score (nSPS) is 13.0. The Hall–Kier alpha value is -3.63. The number of nitrogens with zero attached hydrogens (tertiary/aromatic N) is 2. The highest BCUT2D eigenvalue weighted by atomic mass is 16.5. The number of carbonyl (C=O) groups is 1. The van der Waals surface area contributed by atoms with Gasteiger partial charge >= 0.3 is 5.97 Å². The molecule has 0 atom stereocenters. The Morgan fingerprint density at radius 2 is 1.41 bits per heavy atom. The maximum atomic E-state index is 13.0. The van der Waals surface area contributed by atoms with Crippen LogP contribution < -0.4 is 0 Å². The fourth-order valence-corrected chi connectivity index (χ4v) is 5.27. The van der Waals surface area contributed by atoms with Crippen LogP contribution in [0.15, 0.2) is 60.3 Å². The van der Waals surface area contributed by atoms with E-state index >= 15 is 0 Å². The number of ether oxygens (including phenoxy) is 1. The minimum atomic E-state index is -0.350. The Labute approximate surface area is 235 Å². The monoisotopic (exact) mass is 522 g/mol. The van der Waals surface area contributed by atoms with Crippen molar-refractivity contribution in [2.24, 2.45) is 0 Å². The molecule has 2 aromatic carbocycles. The number of hydrogen-bond acceptors (Lipinski definition) is 3. The van der Waals surface area contributed by atoms with Crippen LogP contribution in [0.4, 0.5) is 0 Å². The molecule has 0 saturated carbocycles. The third kappa shape index (κ3) is 8.69. The lowest BCUT2D eigenvalue weighted by Gasteiger charge is -2.10. The molecule has 0 spiro atoms. The number of carbonyl (C=O) groups excluding carboxylic acids is 1. The van der Waals surface area contributed by atoms with Gasteiger partial charge in [0.1, 0.15) is 0 Å². The van der Waals surface area contributed by atoms with Gasteiger partial charge in [-0.15, -0.1) is 0 Å². The minimum absolute atomic E-state index is 0.0379. The SMILES string of the molecule is [C-]#[N+]/C(C#N)=C1\c2ccccc2-c2c(C(=O)OCCCCCCCC/C=C/CCCCCCCC)cccc21. The van der Waals surface area contributed by atoms with Crippen LogP contribution in [0.2, 0.25) is 0 Å². The number of unbranched alkanes of at least 4 members (excludes halogenated alkanes) is 12. The first kappa shape index (κ1) is 29.9. The molecule has 204 valence electrons. The van der Waals surface area contributed by atoms with E-state index in [0.717, 1.165) is 41.5 Å². The van der Waals surface area contributed by atoms with Gasteiger partial charge in [-0.1, -0.05) is 113 Å². The molecule has 0 radical (unpaired) electrons. The topological polar surface area (TPSA) is 54.5 Å². The largest absolute Gasteiger partial charge is 0.462 e. The lowest BCUT2D eigenvalue weighted by molar-refractivity contribution is 0.0498. The van der Waals surface area contributed by atoms with Crippen molar-refractivity contribution in [3.8, 4) is 17.2 Å². The molecule has 0 saturated heterocycles. The van der Waals surface area contributed by atoms with Crippen LogP contribution in [0.3, 0.4) is 0 Å². The molecular weight excluding hydrogens is 480 g/mol. The van der Waals surface area contributed by atoms with Crippen molar-refractivity contribution in [1.29, 1.82) is 5.26 Å². The molecule has 3 rings (SSSR count). The fourth-order valence-electron chi connectivity index (χ4n) is 5.27. The van der Waals surface area contributed by atoms with Crippen molar-refractivity contribution in [2.75, 3.05) is 6.61 Å². The summed E-state index contributed by atoms with van der Waals surface area (Å²) < 4.78 is 5.65. The minimum Gasteiger partial charge on any atom is -0.462 e. The molecule has 1 aliphatic carbocycles. The summed E-state index contributed by atoms with van der Waals surface area (Å²) in [5, 5.41) is 9.52. The van der Waals surface area contributed by atoms with Crippen molar-refractivity contribution in [1.82, 2.24) is 0 Å². The van der Waals surface area contributed by atoms with Gasteiger partial charge in [0.05, 0.1) is 24.8 Å². The van der Waals surface area contributed by atoms with E-state index in [2.05, 4.69) is 23.9 Å². The average Bonchev–Trinajstić information content (AvgIpc) is 3.30. The van der Waals surface area contributed by atoms with Gasteiger partial charge in [0.25, 0.3) is 5.70 Å². The second kappa shape index (κ2) is 17.1. The predicted octanol–water partition coefficient (Wildman–Crippen LogP) is 10.1. The van der Waals surface area contributed by atoms with E-state index in [4.69, 9.17) is 11.3 Å². The molecule has 0 unspecified atom stereocenters. The lowest BCUT2D eigenvalue weighted by Crippen LogP contribution is -2.08. The molecule has 2 aromatic rings. The van der Waals surface area contributed by atoms with Crippen molar-refractivity contribution < 1.29 is 9.53 Å². The average molecular weight is 523 g/mol. The van der Waals surface area contributed by atoms with E-state index in [9.17, 15) is 10.1 Å². The Morgan fingerprint density at radius 1 is 0.821 bits per heavy atom. The second-order valence-corrected chi connectivity index (χ2v) is 10.3. The molecule has 39 heavy (non-hydrogen) atoms. The van der Waals surface area contributed by atoms with Gasteiger partial charge in [0, 0.05) is 11.1 Å². The second-order valence-electron chi connectivity index (χ2n) is 10.3. The Morgan fingerprint density at radius 3 is 2.05 bits per heavy atom. The highest BCUT2D eigenvalue weighted by Crippen LogP contribution is 2.47. The van der Waals surface area contributed by atoms with E-state index in [1.54, 1.807) is 12.1 Å². The Balaban J connectivity index is 1.36. The number of benzene rings is 2. The van der Waals surface area contributed by atoms with Crippen molar-refractivity contribution >= 4 is 11.5 Å². The van der Waals surface area contributed by atoms with Gasteiger partial charge in [-0.25, -0.2) is 14.9 Å². The third-order valence-electron chi connectivity index (χ3n) is 7.36. The zero-order valence-corrected chi connectivity index (χ0v) is 23.5. The molecule has 0 N–H and O–H groups in total. The van der Waals surface area contributed by atoms with Gasteiger partial charge in [0.15, 0.2) is 0 Å². The lowest BCUT2D eigenvalue weighted by atomic mass is 9.99. The first-order valence-electron chi connectivity index (χ1n) is 14.8. The van der Waals surface area contributed by atoms with Crippen molar-refractivity contribution in [3.05, 3.63) is 88.4 Å². The molecule has 1 aliphatic rings. The maximum absolute atomic E-state index is 13.0. The van der Waals surface area contributed by atoms with Crippen LogP contribution in [0, 0.1) is 17.9 Å². The quantitative estimate of drug-likeness (QED) is 0.0582. The number of fused-ring (bicyclic) bond motifs is 3. The van der Waals surface area contributed by atoms with Crippen LogP contribution in [0.1, 0.15) is 118 Å². The molecule has 4 nitrogen and oxygen atoms in total. The summed E-state index contributed by atoms with van der Waals surface area (Å²) in [7, 11) is 0. The molecule has 0 aliphatic heterocycles. The Kier molecular flexibility index (Phi) is 13.1. The van der Waals surface area contributed by atoms with Crippen LogP contribution in [-0.2, 0) is 4.74 Å². The van der Waals surface area contributed by atoms with E-state index < -0.39 is 0 Å². The van der Waals surface area contributed by atoms with Crippen molar-refractivity contribution in [2.45, 2.75) is 96.8 Å². The fraction of sp³-hybridized carbons (Fsp3) is 0.457. The van der Waals surface area contributed by atoms with E-state index in [1.807, 2.05) is 36.4 Å². The highest BCUT2D eigenvalue weighted by molar-refractivity contribution is 6.10. The van der Waals surface area contributed by atoms with E-state index in [1.165, 1.54) is 70.6 Å². The molecule has 4 heteroatoms. The first-order chi connectivity index (χ1) is 19.2. The summed E-state index contributed by atoms with van der Waals surface area (Å²) >= 11 is 0. The summed E-state index contributed by atoms with van der Waals surface area (Å²) in [6, 6.07) is 15.1. The predicted molar refractivity (Wildman–Crippen MR) is 160 cm³/mol. The number of esters is 1. The molecule has 0 bridgehead atoms. The van der Waals surface area contributed by atoms with Crippen molar-refractivity contribution in [3.63, 3.8) is 0 Å². The summed E-state index contributed by atoms with van der Waals surface area (Å²) in [5.74, 6) is -0.350. The molecular formula is C35H42N2O2. The van der Waals surface area contributed by atoms with Crippen LogP contribution in [0.5, 0.6) is 0 Å². The summed E-state index contributed by atoms with van der Waals surface area (Å²) in [6.07, 6.45) is 22.1. The van der Waals surface area contributed by atoms with Gasteiger partial charge < -0.3 is 4.74 Å². The smallest absolute Gasteiger partial charge is 0.338 e. The van der Waals surface area contributed by atoms with E-state index in [0.29, 0.717) is 17.7 Å². The summed E-state index contributed by atoms with van der Waals surface area (Å²) in [4.78, 5) is 16.5. The molecule has 0 aromatic heterocycles. The van der Waals surface area contributed by atoms with Gasteiger partial charge in [-0.05, 0) is 54.9 Å². The maximum Gasteiger partial charge on any atom is 0.338 e. The van der Waals surface area contributed by atoms with Crippen LogP contribution >= 0.6 is 0 Å². The number of hydrogen-bond donors (Lipinski definition) is 0. The number of nitriles is 1. The number of rotatable bonds is 17. The van der Waals surface area contributed by atoms with Gasteiger partial charge in [-0.2, -0.15) is 0 Å². The zero-order valence-electron chi connectivity index (χ0n) is 23.5. The third-order valence-corrected chi connectivity index (χ3v) is 7.36. The molecule has 0 heterocycles. The zero-order chi connectivity index (χ0) is 27.7. The number of allylic oxidation sites excluding steroid dienone is 3. The Bertz CT molecular complexity index is 1210. The molecule has 0 fully saturated rings. The van der Waals surface area contributed by atoms with Crippen LogP contribution in [-0.4, -0.2) is 12.6 Å². The summed E-state index contributed by atoms with van der Waals surface area (Å²) in [5.41, 5.74) is 4.30. The van der Waals surface area contributed by atoms with Gasteiger partial charge in [-0.3, -0.25) is 0 Å². The standard InChI is InChI=1S/C35H42N2O2/c1-3-4-5-6-7-8-9-10-11-12-13-14-15-16-17-20-26-39-35(38)31-25-21-24-30-33(31)28-22-18-19-23-29(28)34(30)32(27-36)37-2/h10-11,18-19,21-25H,3-9,12-17,20,26H2,1H3/b11-10+,34-32+. The molecule has 0 amide bonds. The van der Waals surface area contributed by atoms with Crippen LogP contribution in [0.25, 0.3) is 21.5 Å². The first-order valence-corrected chi connectivity index (χ1v) is 14.8. The highest BCUT2D eigenvalue weighted by Gasteiger charge is 2.30.